The van der Waals surface area contributed by atoms with Gasteiger partial charge in [-0.25, -0.2) is 9.38 Å². The lowest BCUT2D eigenvalue weighted by Gasteiger charge is -2.40. The van der Waals surface area contributed by atoms with Crippen molar-refractivity contribution in [2.75, 3.05) is 31.6 Å². The molecule has 0 spiro atoms. The molecule has 176 valence electrons. The molecule has 0 radical (unpaired) electrons. The molecule has 2 aromatic carbocycles. The Kier molecular flexibility index (Phi) is 5.33. The van der Waals surface area contributed by atoms with Crippen LogP contribution in [0.4, 0.5) is 5.95 Å². The van der Waals surface area contributed by atoms with E-state index >= 15 is 0 Å². The van der Waals surface area contributed by atoms with Gasteiger partial charge in [0.25, 0.3) is 5.91 Å². The van der Waals surface area contributed by atoms with Crippen molar-refractivity contribution in [2.24, 2.45) is 0 Å². The molecule has 35 heavy (non-hydrogen) atoms. The number of rotatable bonds is 4. The summed E-state index contributed by atoms with van der Waals surface area (Å²) in [7, 11) is 1.59. The quantitative estimate of drug-likeness (QED) is 0.377. The van der Waals surface area contributed by atoms with Crippen molar-refractivity contribution in [3.8, 4) is 16.5 Å². The Hall–Kier alpha value is -3.98. The van der Waals surface area contributed by atoms with Crippen LogP contribution in [0, 0.1) is 0 Å². The Morgan fingerprint density at radius 3 is 2.66 bits per heavy atom. The van der Waals surface area contributed by atoms with Gasteiger partial charge in [-0.3, -0.25) is 4.79 Å². The number of carbonyl (C=O) groups excluding carboxylic acids is 1. The van der Waals surface area contributed by atoms with E-state index in [1.807, 2.05) is 70.9 Å². The lowest BCUT2D eigenvalue weighted by atomic mass is 10.1. The lowest BCUT2D eigenvalue weighted by Crippen LogP contribution is -2.54. The topological polar surface area (TPSA) is 75.9 Å². The number of amides is 1. The summed E-state index contributed by atoms with van der Waals surface area (Å²) in [5.41, 5.74) is 2.25. The fourth-order valence-corrected chi connectivity index (χ4v) is 5.46. The molecule has 0 N–H and O–H groups in total. The van der Waals surface area contributed by atoms with Crippen molar-refractivity contribution >= 4 is 39.7 Å². The highest BCUT2D eigenvalue weighted by atomic mass is 32.1. The van der Waals surface area contributed by atoms with Crippen molar-refractivity contribution in [1.82, 2.24) is 24.5 Å². The zero-order valence-corrected chi connectivity index (χ0v) is 20.3. The van der Waals surface area contributed by atoms with Crippen molar-refractivity contribution in [3.05, 3.63) is 71.6 Å². The highest BCUT2D eigenvalue weighted by molar-refractivity contribution is 7.13. The van der Waals surface area contributed by atoms with Crippen LogP contribution in [-0.4, -0.2) is 63.2 Å². The van der Waals surface area contributed by atoms with Crippen LogP contribution in [0.5, 0.6) is 5.75 Å². The molecule has 5 aromatic rings. The maximum Gasteiger partial charge on any atom is 0.257 e. The van der Waals surface area contributed by atoms with Gasteiger partial charge in [0.05, 0.1) is 23.1 Å². The van der Waals surface area contributed by atoms with E-state index in [-0.39, 0.29) is 11.9 Å². The summed E-state index contributed by atoms with van der Waals surface area (Å²) in [6.45, 7) is 3.94. The molecule has 1 amide bonds. The number of methoxy groups -OCH3 is 1. The average molecular weight is 485 g/mol. The second-order valence-electron chi connectivity index (χ2n) is 8.58. The Labute approximate surface area is 206 Å². The molecule has 3 aromatic heterocycles. The minimum atomic E-state index is -0.0221. The van der Waals surface area contributed by atoms with E-state index in [0.29, 0.717) is 30.9 Å². The van der Waals surface area contributed by atoms with Gasteiger partial charge in [0.1, 0.15) is 5.75 Å². The molecule has 0 saturated carbocycles. The predicted molar refractivity (Wildman–Crippen MR) is 137 cm³/mol. The fourth-order valence-electron chi connectivity index (χ4n) is 4.76. The number of thiophene rings is 1. The van der Waals surface area contributed by atoms with Crippen LogP contribution < -0.4 is 9.64 Å². The molecule has 8 nitrogen and oxygen atoms in total. The van der Waals surface area contributed by atoms with Gasteiger partial charge >= 0.3 is 0 Å². The van der Waals surface area contributed by atoms with Crippen molar-refractivity contribution in [3.63, 3.8) is 0 Å². The molecular formula is C26H24N6O2S. The van der Waals surface area contributed by atoms with Crippen molar-refractivity contribution in [2.45, 2.75) is 13.0 Å². The van der Waals surface area contributed by atoms with Gasteiger partial charge in [-0.05, 0) is 42.6 Å². The number of piperazine rings is 1. The maximum absolute atomic E-state index is 13.4. The number of carbonyl (C=O) groups is 1. The summed E-state index contributed by atoms with van der Waals surface area (Å²) >= 11 is 1.63. The summed E-state index contributed by atoms with van der Waals surface area (Å²) in [5.74, 6) is 2.15. The van der Waals surface area contributed by atoms with E-state index < -0.39 is 0 Å². The van der Waals surface area contributed by atoms with Crippen LogP contribution in [0.3, 0.4) is 0 Å². The Balaban J connectivity index is 1.39. The van der Waals surface area contributed by atoms with E-state index in [1.54, 1.807) is 18.4 Å². The number of hydrogen-bond acceptors (Lipinski definition) is 7. The molecule has 6 rings (SSSR count). The number of para-hydroxylation sites is 2. The van der Waals surface area contributed by atoms with Crippen LogP contribution >= 0.6 is 11.3 Å². The molecule has 1 aliphatic heterocycles. The summed E-state index contributed by atoms with van der Waals surface area (Å²) in [6, 6.07) is 19.4. The van der Waals surface area contributed by atoms with E-state index in [1.165, 1.54) is 0 Å². The number of nitrogens with zero attached hydrogens (tertiary/aromatic N) is 6. The molecular weight excluding hydrogens is 460 g/mol. The average Bonchev–Trinajstić information content (AvgIpc) is 3.58. The smallest absolute Gasteiger partial charge is 0.257 e. The molecule has 0 aliphatic carbocycles. The largest absolute Gasteiger partial charge is 0.496 e. The van der Waals surface area contributed by atoms with E-state index in [0.717, 1.165) is 33.2 Å². The van der Waals surface area contributed by atoms with Gasteiger partial charge in [0.15, 0.2) is 11.5 Å². The summed E-state index contributed by atoms with van der Waals surface area (Å²) in [6.07, 6.45) is 0. The maximum atomic E-state index is 13.4. The first-order valence-corrected chi connectivity index (χ1v) is 12.4. The number of fused-ring (bicyclic) bond motifs is 3. The second kappa shape index (κ2) is 8.66. The Bertz CT molecular complexity index is 1530. The number of hydrogen-bond donors (Lipinski definition) is 0. The van der Waals surface area contributed by atoms with Gasteiger partial charge in [-0.15, -0.1) is 21.5 Å². The third kappa shape index (κ3) is 3.59. The molecule has 1 aliphatic rings. The second-order valence-corrected chi connectivity index (χ2v) is 9.53. The van der Waals surface area contributed by atoms with Crippen molar-refractivity contribution < 1.29 is 9.53 Å². The first kappa shape index (κ1) is 21.5. The molecule has 1 atom stereocenters. The highest BCUT2D eigenvalue weighted by Gasteiger charge is 2.32. The molecule has 4 heterocycles. The highest BCUT2D eigenvalue weighted by Crippen LogP contribution is 2.31. The third-order valence-electron chi connectivity index (χ3n) is 6.48. The van der Waals surface area contributed by atoms with Gasteiger partial charge in [0.2, 0.25) is 5.95 Å². The zero-order valence-electron chi connectivity index (χ0n) is 19.5. The van der Waals surface area contributed by atoms with Gasteiger partial charge in [-0.1, -0.05) is 30.3 Å². The van der Waals surface area contributed by atoms with Gasteiger partial charge in [0, 0.05) is 31.1 Å². The first-order chi connectivity index (χ1) is 17.2. The lowest BCUT2D eigenvalue weighted by molar-refractivity contribution is 0.0670. The minimum absolute atomic E-state index is 0.0187. The summed E-state index contributed by atoms with van der Waals surface area (Å²) in [4.78, 5) is 23.6. The fraction of sp³-hybridized carbons (Fsp3) is 0.231. The van der Waals surface area contributed by atoms with E-state index in [9.17, 15) is 4.79 Å². The van der Waals surface area contributed by atoms with Crippen LogP contribution in [0.25, 0.3) is 27.3 Å². The van der Waals surface area contributed by atoms with Crippen molar-refractivity contribution in [1.29, 1.82) is 0 Å². The van der Waals surface area contributed by atoms with Crippen LogP contribution in [0.15, 0.2) is 66.0 Å². The number of benzene rings is 2. The number of anilines is 1. The molecule has 9 heteroatoms. The first-order valence-electron chi connectivity index (χ1n) is 11.5. The number of aromatic nitrogens is 4. The molecule has 1 saturated heterocycles. The molecule has 1 fully saturated rings. The Morgan fingerprint density at radius 1 is 1.03 bits per heavy atom. The van der Waals surface area contributed by atoms with Crippen LogP contribution in [0.1, 0.15) is 17.3 Å². The van der Waals surface area contributed by atoms with Crippen LogP contribution in [0.2, 0.25) is 0 Å². The summed E-state index contributed by atoms with van der Waals surface area (Å²) < 4.78 is 7.48. The molecule has 1 unspecified atom stereocenters. The molecule has 0 bridgehead atoms. The zero-order chi connectivity index (χ0) is 23.9. The summed E-state index contributed by atoms with van der Waals surface area (Å²) in [5, 5.41) is 12.1. The van der Waals surface area contributed by atoms with Crippen LogP contribution in [-0.2, 0) is 0 Å². The predicted octanol–water partition coefficient (Wildman–Crippen LogP) is 4.37. The SMILES string of the molecule is COc1ccccc1C(=O)N1CCN(c2nc3ccccc3c3nnc(-c4cccs4)n23)CC1C. The monoisotopic (exact) mass is 484 g/mol. The Morgan fingerprint density at radius 2 is 1.86 bits per heavy atom. The van der Waals surface area contributed by atoms with Gasteiger partial charge < -0.3 is 14.5 Å². The van der Waals surface area contributed by atoms with E-state index in [2.05, 4.69) is 26.4 Å². The number of ether oxygens (including phenoxy) is 1. The van der Waals surface area contributed by atoms with E-state index in [4.69, 9.17) is 9.72 Å². The standard InChI is InChI=1S/C26H24N6O2S/c1-17-16-30(13-14-31(17)25(33)19-9-4-6-11-21(19)34-2)26-27-20-10-5-3-8-18(20)23-28-29-24(32(23)26)22-12-7-15-35-22/h3-12,15,17H,13-14,16H2,1-2H3. The normalized spacial score (nSPS) is 16.2. The minimum Gasteiger partial charge on any atom is -0.496 e. The third-order valence-corrected chi connectivity index (χ3v) is 7.34. The van der Waals surface area contributed by atoms with Gasteiger partial charge in [-0.2, -0.15) is 0 Å².